The van der Waals surface area contributed by atoms with Crippen LogP contribution in [-0.2, 0) is 10.0 Å². The molecule has 21 heavy (non-hydrogen) atoms. The summed E-state index contributed by atoms with van der Waals surface area (Å²) in [4.78, 5) is 0.313. The van der Waals surface area contributed by atoms with Gasteiger partial charge in [-0.1, -0.05) is 39.3 Å². The van der Waals surface area contributed by atoms with Gasteiger partial charge in [0.05, 0.1) is 10.5 Å². The van der Waals surface area contributed by atoms with E-state index < -0.39 is 15.6 Å². The van der Waals surface area contributed by atoms with Crippen LogP contribution >= 0.6 is 0 Å². The highest BCUT2D eigenvalue weighted by atomic mass is 32.2. The lowest BCUT2D eigenvalue weighted by molar-refractivity contribution is -0.0653. The summed E-state index contributed by atoms with van der Waals surface area (Å²) in [6, 6.07) is 7.13. The van der Waals surface area contributed by atoms with E-state index >= 15 is 0 Å². The lowest BCUT2D eigenvalue weighted by Crippen LogP contribution is -2.63. The fourth-order valence-electron chi connectivity index (χ4n) is 2.76. The highest BCUT2D eigenvalue weighted by molar-refractivity contribution is 7.89. The first-order valence-corrected chi connectivity index (χ1v) is 9.09. The lowest BCUT2D eigenvalue weighted by atomic mass is 9.92. The second kappa shape index (κ2) is 6.07. The van der Waals surface area contributed by atoms with Crippen molar-refractivity contribution >= 4 is 10.0 Å². The van der Waals surface area contributed by atoms with Crippen LogP contribution in [0.2, 0.25) is 0 Å². The Morgan fingerprint density at radius 1 is 1.24 bits per heavy atom. The Morgan fingerprint density at radius 2 is 1.81 bits per heavy atom. The number of rotatable bonds is 6. The molecule has 118 valence electrons. The molecule has 1 aliphatic rings. The van der Waals surface area contributed by atoms with Crippen LogP contribution in [0.4, 0.5) is 0 Å². The SMILES string of the molecule is CCCC1(O)CN(S(=O)(=O)c2ccc(C(C)CC)cc2)C1. The maximum absolute atomic E-state index is 12.5. The van der Waals surface area contributed by atoms with E-state index in [1.807, 2.05) is 19.1 Å². The number of hydrogen-bond donors (Lipinski definition) is 1. The van der Waals surface area contributed by atoms with Gasteiger partial charge < -0.3 is 5.11 Å². The van der Waals surface area contributed by atoms with Gasteiger partial charge in [-0.05, 0) is 36.5 Å². The first-order valence-electron chi connectivity index (χ1n) is 7.65. The number of sulfonamides is 1. The van der Waals surface area contributed by atoms with Gasteiger partial charge in [0.25, 0.3) is 0 Å². The summed E-state index contributed by atoms with van der Waals surface area (Å²) in [5.41, 5.74) is 0.320. The molecule has 0 bridgehead atoms. The number of β-amino-alcohol motifs (C(OH)–C–C–N with tert-alkyl or cyclic N) is 1. The van der Waals surface area contributed by atoms with Gasteiger partial charge in [0, 0.05) is 13.1 Å². The zero-order valence-corrected chi connectivity index (χ0v) is 13.9. The molecule has 0 amide bonds. The molecule has 1 aromatic carbocycles. The zero-order chi connectivity index (χ0) is 15.7. The largest absolute Gasteiger partial charge is 0.387 e. The van der Waals surface area contributed by atoms with Gasteiger partial charge in [-0.3, -0.25) is 0 Å². The van der Waals surface area contributed by atoms with E-state index in [1.54, 1.807) is 12.1 Å². The van der Waals surface area contributed by atoms with Crippen LogP contribution in [0, 0.1) is 0 Å². The number of benzene rings is 1. The van der Waals surface area contributed by atoms with Gasteiger partial charge in [-0.25, -0.2) is 8.42 Å². The number of aliphatic hydroxyl groups is 1. The van der Waals surface area contributed by atoms with Crippen molar-refractivity contribution in [3.05, 3.63) is 29.8 Å². The Hall–Kier alpha value is -0.910. The van der Waals surface area contributed by atoms with Crippen LogP contribution in [0.15, 0.2) is 29.2 Å². The van der Waals surface area contributed by atoms with Crippen molar-refractivity contribution in [2.24, 2.45) is 0 Å². The average Bonchev–Trinajstić information content (AvgIpc) is 2.44. The third kappa shape index (κ3) is 3.30. The van der Waals surface area contributed by atoms with Crippen LogP contribution in [-0.4, -0.2) is 36.5 Å². The normalized spacial score (nSPS) is 20.0. The molecule has 0 radical (unpaired) electrons. The summed E-state index contributed by atoms with van der Waals surface area (Å²) >= 11 is 0. The van der Waals surface area contributed by atoms with Crippen LogP contribution in [0.3, 0.4) is 0 Å². The van der Waals surface area contributed by atoms with Crippen molar-refractivity contribution < 1.29 is 13.5 Å². The third-order valence-corrected chi connectivity index (χ3v) is 6.16. The fourth-order valence-corrected chi connectivity index (χ4v) is 4.36. The Balaban J connectivity index is 2.11. The van der Waals surface area contributed by atoms with E-state index in [1.165, 1.54) is 4.31 Å². The molecule has 1 heterocycles. The molecule has 1 atom stereocenters. The monoisotopic (exact) mass is 311 g/mol. The van der Waals surface area contributed by atoms with Crippen LogP contribution in [0.5, 0.6) is 0 Å². The quantitative estimate of drug-likeness (QED) is 0.879. The van der Waals surface area contributed by atoms with Crippen molar-refractivity contribution in [1.82, 2.24) is 4.31 Å². The minimum Gasteiger partial charge on any atom is -0.387 e. The highest BCUT2D eigenvalue weighted by Gasteiger charge is 2.46. The molecular formula is C16H25NO3S. The molecular weight excluding hydrogens is 286 g/mol. The summed E-state index contributed by atoms with van der Waals surface area (Å²) in [6.45, 7) is 6.64. The summed E-state index contributed by atoms with van der Waals surface area (Å²) in [5.74, 6) is 0.431. The Kier molecular flexibility index (Phi) is 4.76. The molecule has 5 heteroatoms. The van der Waals surface area contributed by atoms with E-state index in [2.05, 4.69) is 13.8 Å². The number of hydrogen-bond acceptors (Lipinski definition) is 3. The van der Waals surface area contributed by atoms with Gasteiger partial charge in [0.2, 0.25) is 10.0 Å². The minimum atomic E-state index is -3.47. The lowest BCUT2D eigenvalue weighted by Gasteiger charge is -2.45. The standard InChI is InChI=1S/C16H25NO3S/c1-4-10-16(18)11-17(12-16)21(19,20)15-8-6-14(7-9-15)13(3)5-2/h6-9,13,18H,4-5,10-12H2,1-3H3. The molecule has 4 nitrogen and oxygen atoms in total. The van der Waals surface area contributed by atoms with E-state index in [4.69, 9.17) is 0 Å². The predicted molar refractivity (Wildman–Crippen MR) is 83.8 cm³/mol. The van der Waals surface area contributed by atoms with E-state index in [9.17, 15) is 13.5 Å². The minimum absolute atomic E-state index is 0.205. The molecule has 0 spiro atoms. The third-order valence-electron chi connectivity index (χ3n) is 4.36. The van der Waals surface area contributed by atoms with Crippen molar-refractivity contribution in [2.45, 2.75) is 56.4 Å². The molecule has 1 fully saturated rings. The first-order chi connectivity index (χ1) is 9.82. The smallest absolute Gasteiger partial charge is 0.243 e. The highest BCUT2D eigenvalue weighted by Crippen LogP contribution is 2.31. The predicted octanol–water partition coefficient (Wildman–Crippen LogP) is 2.74. The first kappa shape index (κ1) is 16.5. The van der Waals surface area contributed by atoms with E-state index in [0.29, 0.717) is 17.2 Å². The summed E-state index contributed by atoms with van der Waals surface area (Å²) < 4.78 is 26.3. The van der Waals surface area contributed by atoms with Gasteiger partial charge in [-0.15, -0.1) is 0 Å². The molecule has 0 saturated carbocycles. The molecule has 1 saturated heterocycles. The molecule has 1 unspecified atom stereocenters. The molecule has 0 aliphatic carbocycles. The topological polar surface area (TPSA) is 57.6 Å². The molecule has 1 aromatic rings. The summed E-state index contributed by atoms with van der Waals surface area (Å²) in [6.07, 6.45) is 2.53. The van der Waals surface area contributed by atoms with E-state index in [0.717, 1.165) is 18.4 Å². The molecule has 2 rings (SSSR count). The zero-order valence-electron chi connectivity index (χ0n) is 13.0. The van der Waals surface area contributed by atoms with Crippen LogP contribution in [0.1, 0.15) is 51.5 Å². The average molecular weight is 311 g/mol. The molecule has 0 aromatic heterocycles. The molecule has 1 aliphatic heterocycles. The van der Waals surface area contributed by atoms with Gasteiger partial charge in [-0.2, -0.15) is 4.31 Å². The van der Waals surface area contributed by atoms with Crippen LogP contribution in [0.25, 0.3) is 0 Å². The van der Waals surface area contributed by atoms with Crippen LogP contribution < -0.4 is 0 Å². The van der Waals surface area contributed by atoms with Gasteiger partial charge in [0.1, 0.15) is 0 Å². The van der Waals surface area contributed by atoms with Crippen molar-refractivity contribution in [3.63, 3.8) is 0 Å². The van der Waals surface area contributed by atoms with Gasteiger partial charge in [0.15, 0.2) is 0 Å². The maximum Gasteiger partial charge on any atom is 0.243 e. The second-order valence-corrected chi connectivity index (χ2v) is 8.06. The van der Waals surface area contributed by atoms with Crippen molar-refractivity contribution in [2.75, 3.05) is 13.1 Å². The Morgan fingerprint density at radius 3 is 2.29 bits per heavy atom. The number of nitrogens with zero attached hydrogens (tertiary/aromatic N) is 1. The van der Waals surface area contributed by atoms with Crippen molar-refractivity contribution in [1.29, 1.82) is 0 Å². The fraction of sp³-hybridized carbons (Fsp3) is 0.625. The Labute approximate surface area is 127 Å². The summed E-state index contributed by atoms with van der Waals surface area (Å²) in [7, 11) is -3.47. The van der Waals surface area contributed by atoms with Crippen molar-refractivity contribution in [3.8, 4) is 0 Å². The maximum atomic E-state index is 12.5. The Bertz CT molecular complexity index is 574. The second-order valence-electron chi connectivity index (χ2n) is 6.13. The van der Waals surface area contributed by atoms with E-state index in [-0.39, 0.29) is 13.1 Å². The van der Waals surface area contributed by atoms with Gasteiger partial charge >= 0.3 is 0 Å². The molecule has 1 N–H and O–H groups in total. The summed E-state index contributed by atoms with van der Waals surface area (Å²) in [5, 5.41) is 10.1.